The van der Waals surface area contributed by atoms with E-state index in [2.05, 4.69) is 40.2 Å². The molecule has 0 bridgehead atoms. The first-order valence-corrected chi connectivity index (χ1v) is 10.4. The quantitative estimate of drug-likeness (QED) is 0.843. The minimum atomic E-state index is -0.381. The molecule has 2 aliphatic heterocycles. The van der Waals surface area contributed by atoms with Crippen molar-refractivity contribution in [2.45, 2.75) is 51.7 Å². The van der Waals surface area contributed by atoms with Crippen molar-refractivity contribution < 1.29 is 9.90 Å². The van der Waals surface area contributed by atoms with Gasteiger partial charge in [0.15, 0.2) is 0 Å². The van der Waals surface area contributed by atoms with Crippen LogP contribution in [0, 0.1) is 5.41 Å². The summed E-state index contributed by atoms with van der Waals surface area (Å²) in [6.07, 6.45) is 11.2. The molecule has 0 aromatic carbocycles. The van der Waals surface area contributed by atoms with E-state index in [0.717, 1.165) is 50.3 Å². The number of piperidine rings is 2. The fourth-order valence-electron chi connectivity index (χ4n) is 4.65. The Kier molecular flexibility index (Phi) is 5.11. The minimum Gasteiger partial charge on any atom is -0.391 e. The third-order valence-corrected chi connectivity index (χ3v) is 6.33. The number of carbonyl (C=O) groups excluding carboxylic acids is 1. The molecule has 4 heterocycles. The number of anilines is 1. The van der Waals surface area contributed by atoms with Crippen LogP contribution in [-0.2, 0) is 5.54 Å². The average Bonchev–Trinajstić information content (AvgIpc) is 3.19. The lowest BCUT2D eigenvalue weighted by molar-refractivity contribution is 0.0246. The Balaban J connectivity index is 1.43. The molecule has 1 N–H and O–H groups in total. The van der Waals surface area contributed by atoms with Crippen molar-refractivity contribution in [3.05, 3.63) is 42.6 Å². The standard InChI is InChI=1S/C22H31N5O2/c1-21(2,3)27-9-4-17(14-27)20(29)25-10-5-22(6-11-25)12-18(28)15-26(16-22)19-13-23-7-8-24-19/h4,7-9,13-14,18,28H,5-6,10-12,15-16H2,1-3H3. The van der Waals surface area contributed by atoms with Crippen molar-refractivity contribution in [3.63, 3.8) is 0 Å². The van der Waals surface area contributed by atoms with Crippen LogP contribution in [0.2, 0.25) is 0 Å². The van der Waals surface area contributed by atoms with Crippen LogP contribution in [0.1, 0.15) is 50.4 Å². The maximum atomic E-state index is 13.0. The number of rotatable bonds is 2. The summed E-state index contributed by atoms with van der Waals surface area (Å²) in [7, 11) is 0. The van der Waals surface area contributed by atoms with Gasteiger partial charge in [0.25, 0.3) is 5.91 Å². The predicted octanol–water partition coefficient (Wildman–Crippen LogP) is 2.53. The van der Waals surface area contributed by atoms with Crippen LogP contribution in [0.25, 0.3) is 0 Å². The fraction of sp³-hybridized carbons (Fsp3) is 0.591. The summed E-state index contributed by atoms with van der Waals surface area (Å²) in [6, 6.07) is 1.91. The van der Waals surface area contributed by atoms with E-state index in [9.17, 15) is 9.90 Å². The molecular weight excluding hydrogens is 366 g/mol. The van der Waals surface area contributed by atoms with Gasteiger partial charge >= 0.3 is 0 Å². The molecule has 2 aliphatic rings. The Labute approximate surface area is 172 Å². The van der Waals surface area contributed by atoms with E-state index in [1.165, 1.54) is 0 Å². The highest BCUT2D eigenvalue weighted by molar-refractivity contribution is 5.94. The first-order chi connectivity index (χ1) is 13.8. The van der Waals surface area contributed by atoms with Gasteiger partial charge in [0.2, 0.25) is 0 Å². The minimum absolute atomic E-state index is 0.0172. The summed E-state index contributed by atoms with van der Waals surface area (Å²) in [5, 5.41) is 10.5. The number of hydrogen-bond donors (Lipinski definition) is 1. The van der Waals surface area contributed by atoms with E-state index < -0.39 is 0 Å². The summed E-state index contributed by atoms with van der Waals surface area (Å²) in [6.45, 7) is 9.27. The molecule has 7 nitrogen and oxygen atoms in total. The van der Waals surface area contributed by atoms with Crippen LogP contribution in [0.4, 0.5) is 5.82 Å². The highest BCUT2D eigenvalue weighted by Crippen LogP contribution is 2.41. The second kappa shape index (κ2) is 7.44. The lowest BCUT2D eigenvalue weighted by atomic mass is 9.71. The highest BCUT2D eigenvalue weighted by Gasteiger charge is 2.42. The van der Waals surface area contributed by atoms with Gasteiger partial charge in [0, 0.05) is 56.5 Å². The molecule has 2 aromatic rings. The number of likely N-dealkylation sites (tertiary alicyclic amines) is 1. The van der Waals surface area contributed by atoms with Crippen molar-refractivity contribution in [3.8, 4) is 0 Å². The van der Waals surface area contributed by atoms with E-state index in [0.29, 0.717) is 6.54 Å². The second-order valence-electron chi connectivity index (χ2n) is 9.57. The third kappa shape index (κ3) is 4.15. The first-order valence-electron chi connectivity index (χ1n) is 10.4. The number of β-amino-alcohol motifs (C(OH)–C–C–N with tert-alkyl or cyclic N) is 1. The van der Waals surface area contributed by atoms with Gasteiger partial charge < -0.3 is 19.5 Å². The summed E-state index contributed by atoms with van der Waals surface area (Å²) < 4.78 is 2.09. The SMILES string of the molecule is CC(C)(C)n1ccc(C(=O)N2CCC3(CC2)CC(O)CN(c2cnccn2)C3)c1. The van der Waals surface area contributed by atoms with Gasteiger partial charge in [-0.15, -0.1) is 0 Å². The van der Waals surface area contributed by atoms with E-state index in [-0.39, 0.29) is 23.0 Å². The Morgan fingerprint density at radius 3 is 2.62 bits per heavy atom. The summed E-state index contributed by atoms with van der Waals surface area (Å²) in [5.74, 6) is 0.914. The second-order valence-corrected chi connectivity index (χ2v) is 9.57. The zero-order chi connectivity index (χ0) is 20.6. The Bertz CT molecular complexity index is 850. The fourth-order valence-corrected chi connectivity index (χ4v) is 4.65. The molecule has 7 heteroatoms. The van der Waals surface area contributed by atoms with E-state index >= 15 is 0 Å². The van der Waals surface area contributed by atoms with Crippen LogP contribution >= 0.6 is 0 Å². The maximum absolute atomic E-state index is 13.0. The number of aromatic nitrogens is 3. The zero-order valence-electron chi connectivity index (χ0n) is 17.6. The molecule has 4 rings (SSSR count). The van der Waals surface area contributed by atoms with Gasteiger partial charge in [-0.2, -0.15) is 0 Å². The van der Waals surface area contributed by atoms with Crippen LogP contribution in [0.5, 0.6) is 0 Å². The molecule has 0 radical (unpaired) electrons. The lowest BCUT2D eigenvalue weighted by Crippen LogP contribution is -2.54. The molecule has 1 atom stereocenters. The molecule has 2 aromatic heterocycles. The molecular formula is C22H31N5O2. The number of carbonyl (C=O) groups is 1. The molecule has 156 valence electrons. The molecule has 0 aliphatic carbocycles. The molecule has 2 saturated heterocycles. The van der Waals surface area contributed by atoms with Crippen molar-refractivity contribution >= 4 is 11.7 Å². The Morgan fingerprint density at radius 2 is 2.00 bits per heavy atom. The van der Waals surface area contributed by atoms with Gasteiger partial charge in [0.1, 0.15) is 5.82 Å². The molecule has 29 heavy (non-hydrogen) atoms. The number of aliphatic hydroxyl groups excluding tert-OH is 1. The van der Waals surface area contributed by atoms with Crippen molar-refractivity contribution in [2.75, 3.05) is 31.1 Å². The zero-order valence-corrected chi connectivity index (χ0v) is 17.6. The summed E-state index contributed by atoms with van der Waals surface area (Å²) in [4.78, 5) is 25.7. The Hall–Kier alpha value is -2.41. The van der Waals surface area contributed by atoms with Gasteiger partial charge in [-0.3, -0.25) is 9.78 Å². The summed E-state index contributed by atoms with van der Waals surface area (Å²) >= 11 is 0. The van der Waals surface area contributed by atoms with Crippen LogP contribution in [0.15, 0.2) is 37.1 Å². The number of nitrogens with zero attached hydrogens (tertiary/aromatic N) is 5. The molecule has 2 fully saturated rings. The molecule has 0 saturated carbocycles. The van der Waals surface area contributed by atoms with E-state index in [1.54, 1.807) is 18.6 Å². The van der Waals surface area contributed by atoms with Gasteiger partial charge in [-0.25, -0.2) is 4.98 Å². The van der Waals surface area contributed by atoms with Gasteiger partial charge in [-0.05, 0) is 51.5 Å². The van der Waals surface area contributed by atoms with Crippen molar-refractivity contribution in [2.24, 2.45) is 5.41 Å². The summed E-state index contributed by atoms with van der Waals surface area (Å²) in [5.41, 5.74) is 0.733. The van der Waals surface area contributed by atoms with Crippen LogP contribution in [0.3, 0.4) is 0 Å². The number of hydrogen-bond acceptors (Lipinski definition) is 5. The normalized spacial score (nSPS) is 22.1. The predicted molar refractivity (Wildman–Crippen MR) is 112 cm³/mol. The highest BCUT2D eigenvalue weighted by atomic mass is 16.3. The monoisotopic (exact) mass is 397 g/mol. The van der Waals surface area contributed by atoms with Gasteiger partial charge in [-0.1, -0.05) is 0 Å². The largest absolute Gasteiger partial charge is 0.391 e. The van der Waals surface area contributed by atoms with Crippen LogP contribution in [-0.4, -0.2) is 62.7 Å². The number of aliphatic hydroxyl groups is 1. The average molecular weight is 398 g/mol. The lowest BCUT2D eigenvalue weighted by Gasteiger charge is -2.49. The van der Waals surface area contributed by atoms with Gasteiger partial charge in [0.05, 0.1) is 17.9 Å². The maximum Gasteiger partial charge on any atom is 0.255 e. The smallest absolute Gasteiger partial charge is 0.255 e. The molecule has 1 unspecified atom stereocenters. The van der Waals surface area contributed by atoms with E-state index in [4.69, 9.17) is 0 Å². The molecule has 1 amide bonds. The number of amides is 1. The topological polar surface area (TPSA) is 74.5 Å². The van der Waals surface area contributed by atoms with E-state index in [1.807, 2.05) is 23.4 Å². The Morgan fingerprint density at radius 1 is 1.24 bits per heavy atom. The van der Waals surface area contributed by atoms with Crippen molar-refractivity contribution in [1.82, 2.24) is 19.4 Å². The van der Waals surface area contributed by atoms with Crippen molar-refractivity contribution in [1.29, 1.82) is 0 Å². The molecule has 1 spiro atoms. The van der Waals surface area contributed by atoms with Crippen LogP contribution < -0.4 is 4.90 Å². The third-order valence-electron chi connectivity index (χ3n) is 6.33. The first kappa shape index (κ1) is 19.9.